The Balaban J connectivity index is 1.73. The number of hydrogen-bond donors (Lipinski definition) is 0. The molecule has 2 aliphatic rings. The summed E-state index contributed by atoms with van der Waals surface area (Å²) in [7, 11) is 5.10. The van der Waals surface area contributed by atoms with Crippen molar-refractivity contribution in [2.24, 2.45) is 0 Å². The van der Waals surface area contributed by atoms with Gasteiger partial charge in [-0.25, -0.2) is 0 Å². The molecule has 0 N–H and O–H groups in total. The van der Waals surface area contributed by atoms with Gasteiger partial charge in [-0.15, -0.1) is 0 Å². The Hall–Kier alpha value is -2.26. The van der Waals surface area contributed by atoms with Gasteiger partial charge >= 0.3 is 0 Å². The number of nitriles is 1. The maximum absolute atomic E-state index is 13.1. The normalized spacial score (nSPS) is 18.4. The molecule has 2 aliphatic carbocycles. The maximum Gasteiger partial charge on any atom is 0.237 e. The highest BCUT2D eigenvalue weighted by molar-refractivity contribution is 5.79. The third-order valence-electron chi connectivity index (χ3n) is 6.17. The SMILES string of the molecule is COc1ccc(OC)c(CN(CC(=O)N(C)C2(C#N)CCCCC2)C2CC2)c1. The van der Waals surface area contributed by atoms with Crippen molar-refractivity contribution in [3.8, 4) is 17.6 Å². The lowest BCUT2D eigenvalue weighted by Gasteiger charge is -2.40. The molecule has 28 heavy (non-hydrogen) atoms. The van der Waals surface area contributed by atoms with Gasteiger partial charge in [0.25, 0.3) is 0 Å². The molecule has 0 aliphatic heterocycles. The number of likely N-dealkylation sites (N-methyl/N-ethyl adjacent to an activating group) is 1. The van der Waals surface area contributed by atoms with Crippen molar-refractivity contribution >= 4 is 5.91 Å². The van der Waals surface area contributed by atoms with E-state index in [9.17, 15) is 10.1 Å². The highest BCUT2D eigenvalue weighted by atomic mass is 16.5. The summed E-state index contributed by atoms with van der Waals surface area (Å²) in [5, 5.41) is 9.79. The van der Waals surface area contributed by atoms with Crippen LogP contribution in [0.3, 0.4) is 0 Å². The molecule has 0 bridgehead atoms. The number of carbonyl (C=O) groups is 1. The van der Waals surface area contributed by atoms with Gasteiger partial charge in [-0.2, -0.15) is 5.26 Å². The fraction of sp³-hybridized carbons (Fsp3) is 0.636. The Morgan fingerprint density at radius 2 is 1.93 bits per heavy atom. The fourth-order valence-electron chi connectivity index (χ4n) is 4.16. The Morgan fingerprint density at radius 3 is 2.50 bits per heavy atom. The van der Waals surface area contributed by atoms with Crippen LogP contribution in [-0.4, -0.2) is 55.1 Å². The Morgan fingerprint density at radius 1 is 1.21 bits per heavy atom. The van der Waals surface area contributed by atoms with Crippen molar-refractivity contribution in [1.29, 1.82) is 5.26 Å². The summed E-state index contributed by atoms with van der Waals surface area (Å²) in [5.41, 5.74) is 0.370. The van der Waals surface area contributed by atoms with Crippen molar-refractivity contribution in [3.05, 3.63) is 23.8 Å². The van der Waals surface area contributed by atoms with E-state index in [0.717, 1.165) is 62.0 Å². The second kappa shape index (κ2) is 8.83. The molecular weight excluding hydrogens is 354 g/mol. The molecule has 2 fully saturated rings. The van der Waals surface area contributed by atoms with Crippen LogP contribution in [0.4, 0.5) is 0 Å². The second-order valence-electron chi connectivity index (χ2n) is 7.97. The number of methoxy groups -OCH3 is 2. The molecule has 3 rings (SSSR count). The zero-order chi connectivity index (χ0) is 20.1. The van der Waals surface area contributed by atoms with Gasteiger partial charge in [0, 0.05) is 25.2 Å². The largest absolute Gasteiger partial charge is 0.497 e. The minimum absolute atomic E-state index is 0.0252. The predicted octanol–water partition coefficient (Wildman–Crippen LogP) is 3.35. The molecule has 0 unspecified atom stereocenters. The lowest BCUT2D eigenvalue weighted by Crippen LogP contribution is -2.52. The van der Waals surface area contributed by atoms with E-state index in [1.807, 2.05) is 18.2 Å². The molecule has 0 spiro atoms. The molecule has 6 nitrogen and oxygen atoms in total. The minimum Gasteiger partial charge on any atom is -0.497 e. The van der Waals surface area contributed by atoms with Crippen molar-refractivity contribution in [1.82, 2.24) is 9.80 Å². The van der Waals surface area contributed by atoms with Gasteiger partial charge < -0.3 is 14.4 Å². The first-order valence-corrected chi connectivity index (χ1v) is 10.2. The van der Waals surface area contributed by atoms with Gasteiger partial charge in [-0.05, 0) is 43.9 Å². The molecule has 0 saturated heterocycles. The van der Waals surface area contributed by atoms with Crippen LogP contribution in [0, 0.1) is 11.3 Å². The second-order valence-corrected chi connectivity index (χ2v) is 7.97. The van der Waals surface area contributed by atoms with E-state index in [2.05, 4.69) is 11.0 Å². The summed E-state index contributed by atoms with van der Waals surface area (Å²) < 4.78 is 10.9. The lowest BCUT2D eigenvalue weighted by molar-refractivity contribution is -0.136. The summed E-state index contributed by atoms with van der Waals surface area (Å²) in [6.07, 6.45) is 6.93. The molecule has 0 heterocycles. The molecule has 0 atom stereocenters. The molecule has 1 aromatic rings. The Kier molecular flexibility index (Phi) is 6.46. The Bertz CT molecular complexity index is 733. The quantitative estimate of drug-likeness (QED) is 0.687. The van der Waals surface area contributed by atoms with Crippen molar-refractivity contribution < 1.29 is 14.3 Å². The highest BCUT2D eigenvalue weighted by Gasteiger charge is 2.40. The van der Waals surface area contributed by atoms with Crippen LogP contribution in [-0.2, 0) is 11.3 Å². The summed E-state index contributed by atoms with van der Waals surface area (Å²) in [5.74, 6) is 1.60. The van der Waals surface area contributed by atoms with Crippen LogP contribution in [0.5, 0.6) is 11.5 Å². The van der Waals surface area contributed by atoms with E-state index in [-0.39, 0.29) is 5.91 Å². The number of hydrogen-bond acceptors (Lipinski definition) is 5. The summed E-state index contributed by atoms with van der Waals surface area (Å²) >= 11 is 0. The zero-order valence-corrected chi connectivity index (χ0v) is 17.2. The third kappa shape index (κ3) is 4.41. The predicted molar refractivity (Wildman–Crippen MR) is 107 cm³/mol. The lowest BCUT2D eigenvalue weighted by atomic mass is 9.81. The van der Waals surface area contributed by atoms with Crippen LogP contribution in [0.1, 0.15) is 50.5 Å². The highest BCUT2D eigenvalue weighted by Crippen LogP contribution is 2.34. The van der Waals surface area contributed by atoms with E-state index in [1.54, 1.807) is 26.2 Å². The first kappa shape index (κ1) is 20.5. The van der Waals surface area contributed by atoms with Gasteiger partial charge in [0.15, 0.2) is 0 Å². The van der Waals surface area contributed by atoms with E-state index in [0.29, 0.717) is 19.1 Å². The van der Waals surface area contributed by atoms with Crippen molar-refractivity contribution in [3.63, 3.8) is 0 Å². The fourth-order valence-corrected chi connectivity index (χ4v) is 4.16. The smallest absolute Gasteiger partial charge is 0.237 e. The molecule has 0 radical (unpaired) electrons. The number of benzene rings is 1. The zero-order valence-electron chi connectivity index (χ0n) is 17.2. The Labute approximate surface area is 168 Å². The number of amides is 1. The van der Waals surface area contributed by atoms with Crippen molar-refractivity contribution in [2.45, 2.75) is 63.1 Å². The summed E-state index contributed by atoms with van der Waals surface area (Å²) in [4.78, 5) is 17.0. The van der Waals surface area contributed by atoms with Gasteiger partial charge in [0.2, 0.25) is 5.91 Å². The standard InChI is InChI=1S/C22H31N3O3/c1-24(22(16-23)11-5-4-6-12-22)21(26)15-25(18-7-8-18)14-17-13-19(27-2)9-10-20(17)28-3/h9-10,13,18H,4-8,11-12,14-15H2,1-3H3. The van der Waals surface area contributed by atoms with E-state index >= 15 is 0 Å². The van der Waals surface area contributed by atoms with Crippen LogP contribution >= 0.6 is 0 Å². The number of carbonyl (C=O) groups excluding carboxylic acids is 1. The molecule has 152 valence electrons. The molecule has 1 amide bonds. The van der Waals surface area contributed by atoms with E-state index in [1.165, 1.54) is 0 Å². The van der Waals surface area contributed by atoms with E-state index < -0.39 is 5.54 Å². The van der Waals surface area contributed by atoms with Gasteiger partial charge in [0.1, 0.15) is 17.0 Å². The van der Waals surface area contributed by atoms with Crippen molar-refractivity contribution in [2.75, 3.05) is 27.8 Å². The maximum atomic E-state index is 13.1. The summed E-state index contributed by atoms with van der Waals surface area (Å²) in [6.45, 7) is 0.954. The first-order chi connectivity index (χ1) is 13.5. The van der Waals surface area contributed by atoms with Gasteiger partial charge in [-0.3, -0.25) is 9.69 Å². The van der Waals surface area contributed by atoms with Crippen LogP contribution < -0.4 is 9.47 Å². The topological polar surface area (TPSA) is 65.8 Å². The van der Waals surface area contributed by atoms with Crippen LogP contribution in [0.15, 0.2) is 18.2 Å². The van der Waals surface area contributed by atoms with Crippen LogP contribution in [0.25, 0.3) is 0 Å². The third-order valence-corrected chi connectivity index (χ3v) is 6.17. The molecule has 1 aromatic carbocycles. The summed E-state index contributed by atoms with van der Waals surface area (Å²) in [6, 6.07) is 8.62. The molecule has 6 heteroatoms. The molecule has 2 saturated carbocycles. The van der Waals surface area contributed by atoms with Gasteiger partial charge in [-0.1, -0.05) is 19.3 Å². The van der Waals surface area contributed by atoms with Gasteiger partial charge in [0.05, 0.1) is 26.8 Å². The first-order valence-electron chi connectivity index (χ1n) is 10.2. The van der Waals surface area contributed by atoms with Crippen LogP contribution in [0.2, 0.25) is 0 Å². The minimum atomic E-state index is -0.641. The number of ether oxygens (including phenoxy) is 2. The average Bonchev–Trinajstić information content (AvgIpc) is 3.58. The van der Waals surface area contributed by atoms with E-state index in [4.69, 9.17) is 9.47 Å². The number of rotatable bonds is 8. The average molecular weight is 386 g/mol. The monoisotopic (exact) mass is 385 g/mol. The molecular formula is C22H31N3O3. The number of nitrogens with zero attached hydrogens (tertiary/aromatic N) is 3. The molecule has 0 aromatic heterocycles.